The van der Waals surface area contributed by atoms with E-state index in [1.165, 1.54) is 0 Å². The number of rotatable bonds is 2. The second kappa shape index (κ2) is 4.49. The zero-order valence-corrected chi connectivity index (χ0v) is 9.17. The molecule has 1 aliphatic rings. The molecule has 3 heteroatoms. The summed E-state index contributed by atoms with van der Waals surface area (Å²) in [6.45, 7) is 6.28. The molecule has 0 spiro atoms. The van der Waals surface area contributed by atoms with Gasteiger partial charge in [-0.1, -0.05) is 12.2 Å². The van der Waals surface area contributed by atoms with Gasteiger partial charge in [-0.3, -0.25) is 0 Å². The molecule has 0 fully saturated rings. The first-order valence-corrected chi connectivity index (χ1v) is 5.11. The van der Waals surface area contributed by atoms with Gasteiger partial charge < -0.3 is 10.1 Å². The first kappa shape index (κ1) is 11.1. The summed E-state index contributed by atoms with van der Waals surface area (Å²) >= 11 is 0. The molecule has 1 amide bonds. The van der Waals surface area contributed by atoms with Gasteiger partial charge in [0.2, 0.25) is 0 Å². The predicted molar refractivity (Wildman–Crippen MR) is 56.1 cm³/mol. The first-order chi connectivity index (χ1) is 6.47. The van der Waals surface area contributed by atoms with Crippen molar-refractivity contribution in [2.45, 2.75) is 39.2 Å². The highest BCUT2D eigenvalue weighted by atomic mass is 16.6. The quantitative estimate of drug-likeness (QED) is 0.691. The van der Waals surface area contributed by atoms with Crippen LogP contribution in [0.25, 0.3) is 0 Å². The van der Waals surface area contributed by atoms with Gasteiger partial charge in [0.15, 0.2) is 0 Å². The Morgan fingerprint density at radius 3 is 2.79 bits per heavy atom. The Labute approximate surface area is 85.5 Å². The Morgan fingerprint density at radius 1 is 1.57 bits per heavy atom. The molecule has 0 aromatic heterocycles. The van der Waals surface area contributed by atoms with E-state index >= 15 is 0 Å². The van der Waals surface area contributed by atoms with Crippen molar-refractivity contribution >= 4 is 6.09 Å². The second-order valence-electron chi connectivity index (χ2n) is 4.65. The Kier molecular flexibility index (Phi) is 3.55. The molecule has 0 aliphatic heterocycles. The summed E-state index contributed by atoms with van der Waals surface area (Å²) in [6.07, 6.45) is 6.24. The maximum Gasteiger partial charge on any atom is 0.407 e. The summed E-state index contributed by atoms with van der Waals surface area (Å²) < 4.78 is 5.12. The molecule has 3 nitrogen and oxygen atoms in total. The zero-order chi connectivity index (χ0) is 10.6. The fraction of sp³-hybridized carbons (Fsp3) is 0.727. The summed E-state index contributed by atoms with van der Waals surface area (Å²) in [5.74, 6) is 0.488. The molecule has 0 bridgehead atoms. The molecule has 0 heterocycles. The molecule has 1 unspecified atom stereocenters. The minimum Gasteiger partial charge on any atom is -0.444 e. The largest absolute Gasteiger partial charge is 0.444 e. The average molecular weight is 197 g/mol. The molecule has 0 saturated heterocycles. The van der Waals surface area contributed by atoms with Gasteiger partial charge in [-0.25, -0.2) is 4.79 Å². The Hall–Kier alpha value is -0.990. The number of hydrogen-bond donors (Lipinski definition) is 1. The minimum atomic E-state index is -0.407. The van der Waals surface area contributed by atoms with Crippen molar-refractivity contribution in [1.82, 2.24) is 5.32 Å². The van der Waals surface area contributed by atoms with Gasteiger partial charge in [-0.05, 0) is 39.5 Å². The van der Waals surface area contributed by atoms with E-state index in [-0.39, 0.29) is 6.09 Å². The number of amides is 1. The summed E-state index contributed by atoms with van der Waals surface area (Å²) in [6, 6.07) is 0. The maximum atomic E-state index is 11.3. The third-order valence-electron chi connectivity index (χ3n) is 2.02. The molecule has 14 heavy (non-hydrogen) atoms. The molecule has 1 atom stereocenters. The van der Waals surface area contributed by atoms with Crippen LogP contribution < -0.4 is 5.32 Å². The lowest BCUT2D eigenvalue weighted by Crippen LogP contribution is -2.34. The summed E-state index contributed by atoms with van der Waals surface area (Å²) in [5, 5.41) is 2.77. The SMILES string of the molecule is CC(C)(C)OC(=O)NCC1C=CCC1. The molecule has 1 aliphatic carbocycles. The standard InChI is InChI=1S/C11H19NO2/c1-11(2,3)14-10(13)12-8-9-6-4-5-7-9/h4,6,9H,5,7-8H2,1-3H3,(H,12,13). The Morgan fingerprint density at radius 2 is 2.29 bits per heavy atom. The van der Waals surface area contributed by atoms with E-state index in [4.69, 9.17) is 4.74 Å². The van der Waals surface area contributed by atoms with E-state index in [1.54, 1.807) is 0 Å². The molecular formula is C11H19NO2. The van der Waals surface area contributed by atoms with E-state index < -0.39 is 5.60 Å². The van der Waals surface area contributed by atoms with Crippen LogP contribution in [0.15, 0.2) is 12.2 Å². The summed E-state index contributed by atoms with van der Waals surface area (Å²) in [5.41, 5.74) is -0.407. The highest BCUT2D eigenvalue weighted by Crippen LogP contribution is 2.15. The highest BCUT2D eigenvalue weighted by Gasteiger charge is 2.17. The van der Waals surface area contributed by atoms with Crippen LogP contribution >= 0.6 is 0 Å². The second-order valence-corrected chi connectivity index (χ2v) is 4.65. The van der Waals surface area contributed by atoms with Crippen molar-refractivity contribution in [3.05, 3.63) is 12.2 Å². The third kappa shape index (κ3) is 4.30. The lowest BCUT2D eigenvalue weighted by atomic mass is 10.1. The van der Waals surface area contributed by atoms with Gasteiger partial charge in [0, 0.05) is 6.54 Å². The summed E-state index contributed by atoms with van der Waals surface area (Å²) in [4.78, 5) is 11.3. The minimum absolute atomic E-state index is 0.321. The fourth-order valence-corrected chi connectivity index (χ4v) is 1.39. The topological polar surface area (TPSA) is 38.3 Å². The smallest absolute Gasteiger partial charge is 0.407 e. The van der Waals surface area contributed by atoms with Gasteiger partial charge in [0.1, 0.15) is 5.60 Å². The number of carbonyl (C=O) groups excluding carboxylic acids is 1. The van der Waals surface area contributed by atoms with Crippen LogP contribution in [0.3, 0.4) is 0 Å². The van der Waals surface area contributed by atoms with Crippen LogP contribution in [0.1, 0.15) is 33.6 Å². The van der Waals surface area contributed by atoms with Crippen molar-refractivity contribution in [1.29, 1.82) is 0 Å². The van der Waals surface area contributed by atoms with E-state index in [0.717, 1.165) is 12.8 Å². The van der Waals surface area contributed by atoms with E-state index in [2.05, 4.69) is 17.5 Å². The molecule has 80 valence electrons. The van der Waals surface area contributed by atoms with Crippen molar-refractivity contribution in [2.24, 2.45) is 5.92 Å². The molecule has 0 radical (unpaired) electrons. The van der Waals surface area contributed by atoms with Crippen LogP contribution in [-0.2, 0) is 4.74 Å². The molecule has 1 N–H and O–H groups in total. The van der Waals surface area contributed by atoms with Crippen LogP contribution in [0.2, 0.25) is 0 Å². The number of hydrogen-bond acceptors (Lipinski definition) is 2. The zero-order valence-electron chi connectivity index (χ0n) is 9.17. The molecule has 0 saturated carbocycles. The normalized spacial score (nSPS) is 20.9. The van der Waals surface area contributed by atoms with Gasteiger partial charge >= 0.3 is 6.09 Å². The fourth-order valence-electron chi connectivity index (χ4n) is 1.39. The maximum absolute atomic E-state index is 11.3. The number of alkyl carbamates (subject to hydrolysis) is 1. The van der Waals surface area contributed by atoms with Gasteiger partial charge in [-0.15, -0.1) is 0 Å². The van der Waals surface area contributed by atoms with Gasteiger partial charge in [0.25, 0.3) is 0 Å². The van der Waals surface area contributed by atoms with Gasteiger partial charge in [0.05, 0.1) is 0 Å². The third-order valence-corrected chi connectivity index (χ3v) is 2.02. The molecular weight excluding hydrogens is 178 g/mol. The molecule has 0 aromatic carbocycles. The van der Waals surface area contributed by atoms with Crippen LogP contribution in [-0.4, -0.2) is 18.2 Å². The van der Waals surface area contributed by atoms with Crippen LogP contribution in [0.4, 0.5) is 4.79 Å². The van der Waals surface area contributed by atoms with E-state index in [9.17, 15) is 4.79 Å². The van der Waals surface area contributed by atoms with Crippen molar-refractivity contribution in [3.63, 3.8) is 0 Å². The highest BCUT2D eigenvalue weighted by molar-refractivity contribution is 5.67. The van der Waals surface area contributed by atoms with Crippen LogP contribution in [0.5, 0.6) is 0 Å². The monoisotopic (exact) mass is 197 g/mol. The number of carbonyl (C=O) groups is 1. The Balaban J connectivity index is 2.18. The van der Waals surface area contributed by atoms with Crippen molar-refractivity contribution in [3.8, 4) is 0 Å². The number of ether oxygens (including phenoxy) is 1. The van der Waals surface area contributed by atoms with E-state index in [0.29, 0.717) is 12.5 Å². The van der Waals surface area contributed by atoms with Crippen molar-refractivity contribution < 1.29 is 9.53 Å². The first-order valence-electron chi connectivity index (χ1n) is 5.11. The summed E-state index contributed by atoms with van der Waals surface area (Å²) in [7, 11) is 0. The van der Waals surface area contributed by atoms with Gasteiger partial charge in [-0.2, -0.15) is 0 Å². The van der Waals surface area contributed by atoms with Crippen molar-refractivity contribution in [2.75, 3.05) is 6.54 Å². The number of nitrogens with one attached hydrogen (secondary N) is 1. The van der Waals surface area contributed by atoms with Crippen LogP contribution in [0, 0.1) is 5.92 Å². The lowest BCUT2D eigenvalue weighted by Gasteiger charge is -2.20. The number of allylic oxidation sites excluding steroid dienone is 1. The molecule has 1 rings (SSSR count). The lowest BCUT2D eigenvalue weighted by molar-refractivity contribution is 0.0522. The average Bonchev–Trinajstić information content (AvgIpc) is 2.49. The van der Waals surface area contributed by atoms with E-state index in [1.807, 2.05) is 20.8 Å². The molecule has 0 aromatic rings. The Bertz CT molecular complexity index is 228. The predicted octanol–water partition coefficient (Wildman–Crippen LogP) is 2.48.